The van der Waals surface area contributed by atoms with Crippen molar-refractivity contribution in [2.45, 2.75) is 18.9 Å². The molecule has 0 spiro atoms. The minimum atomic E-state index is -1.68. The fourth-order valence-electron chi connectivity index (χ4n) is 0.808. The zero-order chi connectivity index (χ0) is 13.3. The van der Waals surface area contributed by atoms with Gasteiger partial charge in [-0.05, 0) is 0 Å². The van der Waals surface area contributed by atoms with Crippen LogP contribution in [0.2, 0.25) is 0 Å². The van der Waals surface area contributed by atoms with Crippen molar-refractivity contribution in [1.82, 2.24) is 0 Å². The summed E-state index contributed by atoms with van der Waals surface area (Å²) in [6.07, 6.45) is -1.12. The van der Waals surface area contributed by atoms with Crippen molar-refractivity contribution < 1.29 is 34.1 Å². The Hall–Kier alpha value is -1.89. The van der Waals surface area contributed by atoms with Crippen molar-refractivity contribution in [2.24, 2.45) is 0 Å². The molecule has 0 heterocycles. The van der Waals surface area contributed by atoms with Gasteiger partial charge in [0.2, 0.25) is 0 Å². The van der Waals surface area contributed by atoms with E-state index < -0.39 is 30.4 Å². The third kappa shape index (κ3) is 7.97. The number of hydrogen-bond donors (Lipinski definition) is 2. The number of aliphatic carboxylic acids is 1. The normalized spacial score (nSPS) is 11.4. The van der Waals surface area contributed by atoms with E-state index in [-0.39, 0.29) is 19.6 Å². The van der Waals surface area contributed by atoms with Gasteiger partial charge < -0.3 is 19.7 Å². The molecule has 1 unspecified atom stereocenters. The molecule has 0 aliphatic rings. The Kier molecular flexibility index (Phi) is 7.36. The van der Waals surface area contributed by atoms with Gasteiger partial charge in [-0.15, -0.1) is 0 Å². The maximum Gasteiger partial charge on any atom is 0.335 e. The lowest BCUT2D eigenvalue weighted by molar-refractivity contribution is -0.158. The summed E-state index contributed by atoms with van der Waals surface area (Å²) in [5.74, 6) is -2.89. The summed E-state index contributed by atoms with van der Waals surface area (Å²) in [6, 6.07) is 0. The number of rotatable bonds is 8. The summed E-state index contributed by atoms with van der Waals surface area (Å²) in [5, 5.41) is 17.3. The standard InChI is InChI=1S/C10H14O7/c1-2-9(14)16-4-3-5-17-10(15)7(11)6-8(12)13/h2,7,11H,1,3-6H2,(H,12,13). The van der Waals surface area contributed by atoms with Crippen LogP contribution in [-0.2, 0) is 23.9 Å². The maximum absolute atomic E-state index is 11.0. The second kappa shape index (κ2) is 8.28. The molecule has 0 rings (SSSR count). The van der Waals surface area contributed by atoms with Gasteiger partial charge in [0.25, 0.3) is 0 Å². The first-order chi connectivity index (χ1) is 7.97. The third-order valence-corrected chi connectivity index (χ3v) is 1.58. The molecule has 96 valence electrons. The molecule has 0 fully saturated rings. The molecule has 0 aromatic carbocycles. The molecule has 0 aromatic rings. The lowest BCUT2D eigenvalue weighted by Gasteiger charge is -2.08. The predicted molar refractivity (Wildman–Crippen MR) is 55.0 cm³/mol. The third-order valence-electron chi connectivity index (χ3n) is 1.58. The van der Waals surface area contributed by atoms with E-state index >= 15 is 0 Å². The Morgan fingerprint density at radius 3 is 2.35 bits per heavy atom. The zero-order valence-electron chi connectivity index (χ0n) is 9.13. The van der Waals surface area contributed by atoms with Gasteiger partial charge in [0.1, 0.15) is 0 Å². The highest BCUT2D eigenvalue weighted by Crippen LogP contribution is 1.96. The Labute approximate surface area is 97.6 Å². The number of aliphatic hydroxyl groups excluding tert-OH is 1. The predicted octanol–water partition coefficient (Wildman–Crippen LogP) is -0.516. The second-order valence-electron chi connectivity index (χ2n) is 3.01. The fraction of sp³-hybridized carbons (Fsp3) is 0.500. The van der Waals surface area contributed by atoms with E-state index in [4.69, 9.17) is 10.2 Å². The van der Waals surface area contributed by atoms with E-state index in [1.807, 2.05) is 0 Å². The molecule has 0 aliphatic heterocycles. The van der Waals surface area contributed by atoms with Crippen LogP contribution in [0.5, 0.6) is 0 Å². The van der Waals surface area contributed by atoms with Crippen LogP contribution < -0.4 is 0 Å². The number of aliphatic hydroxyl groups is 1. The molecule has 0 saturated carbocycles. The van der Waals surface area contributed by atoms with Crippen LogP contribution in [-0.4, -0.2) is 47.4 Å². The highest BCUT2D eigenvalue weighted by atomic mass is 16.6. The number of carboxylic acid groups (broad SMARTS) is 1. The first kappa shape index (κ1) is 15.1. The smallest absolute Gasteiger partial charge is 0.335 e. The van der Waals surface area contributed by atoms with Gasteiger partial charge in [-0.3, -0.25) is 4.79 Å². The Morgan fingerprint density at radius 2 is 1.82 bits per heavy atom. The molecule has 0 bridgehead atoms. The minimum Gasteiger partial charge on any atom is -0.481 e. The number of esters is 2. The van der Waals surface area contributed by atoms with Crippen LogP contribution in [0.15, 0.2) is 12.7 Å². The van der Waals surface area contributed by atoms with Gasteiger partial charge in [-0.2, -0.15) is 0 Å². The topological polar surface area (TPSA) is 110 Å². The first-order valence-electron chi connectivity index (χ1n) is 4.83. The summed E-state index contributed by atoms with van der Waals surface area (Å²) in [4.78, 5) is 31.7. The highest BCUT2D eigenvalue weighted by Gasteiger charge is 2.19. The molecule has 0 radical (unpaired) electrons. The Balaban J connectivity index is 3.60. The lowest BCUT2D eigenvalue weighted by atomic mass is 10.2. The average Bonchev–Trinajstić information content (AvgIpc) is 2.26. The largest absolute Gasteiger partial charge is 0.481 e. The quantitative estimate of drug-likeness (QED) is 0.337. The van der Waals surface area contributed by atoms with E-state index in [1.54, 1.807) is 0 Å². The fourth-order valence-corrected chi connectivity index (χ4v) is 0.808. The first-order valence-corrected chi connectivity index (χ1v) is 4.83. The Bertz CT molecular complexity index is 297. The van der Waals surface area contributed by atoms with Crippen LogP contribution in [0.4, 0.5) is 0 Å². The van der Waals surface area contributed by atoms with Crippen LogP contribution in [0.25, 0.3) is 0 Å². The molecular weight excluding hydrogens is 232 g/mol. The van der Waals surface area contributed by atoms with Gasteiger partial charge >= 0.3 is 17.9 Å². The number of carboxylic acids is 1. The molecule has 7 heteroatoms. The molecule has 1 atom stereocenters. The second-order valence-corrected chi connectivity index (χ2v) is 3.01. The zero-order valence-corrected chi connectivity index (χ0v) is 9.13. The monoisotopic (exact) mass is 246 g/mol. The molecular formula is C10H14O7. The van der Waals surface area contributed by atoms with Crippen LogP contribution in [0.1, 0.15) is 12.8 Å². The molecule has 0 aromatic heterocycles. The average molecular weight is 246 g/mol. The molecule has 0 saturated heterocycles. The van der Waals surface area contributed by atoms with E-state index in [0.29, 0.717) is 0 Å². The van der Waals surface area contributed by atoms with Gasteiger partial charge in [-0.1, -0.05) is 6.58 Å². The van der Waals surface area contributed by atoms with Crippen molar-refractivity contribution in [3.63, 3.8) is 0 Å². The van der Waals surface area contributed by atoms with Gasteiger partial charge in [0.05, 0.1) is 19.6 Å². The van der Waals surface area contributed by atoms with Gasteiger partial charge in [0, 0.05) is 12.5 Å². The van der Waals surface area contributed by atoms with Crippen molar-refractivity contribution in [3.8, 4) is 0 Å². The summed E-state index contributed by atoms with van der Waals surface area (Å²) >= 11 is 0. The summed E-state index contributed by atoms with van der Waals surface area (Å²) in [6.45, 7) is 3.17. The van der Waals surface area contributed by atoms with E-state index in [9.17, 15) is 14.4 Å². The number of hydrogen-bond acceptors (Lipinski definition) is 6. The van der Waals surface area contributed by atoms with Crippen LogP contribution >= 0.6 is 0 Å². The summed E-state index contributed by atoms with van der Waals surface area (Å²) in [7, 11) is 0. The van der Waals surface area contributed by atoms with Crippen molar-refractivity contribution in [3.05, 3.63) is 12.7 Å². The Morgan fingerprint density at radius 1 is 1.24 bits per heavy atom. The maximum atomic E-state index is 11.0. The van der Waals surface area contributed by atoms with E-state index in [1.165, 1.54) is 0 Å². The summed E-state index contributed by atoms with van der Waals surface area (Å²) in [5.41, 5.74) is 0. The number of carbonyl (C=O) groups is 3. The highest BCUT2D eigenvalue weighted by molar-refractivity contribution is 5.81. The van der Waals surface area contributed by atoms with Crippen molar-refractivity contribution in [2.75, 3.05) is 13.2 Å². The molecule has 7 nitrogen and oxygen atoms in total. The lowest BCUT2D eigenvalue weighted by Crippen LogP contribution is -2.26. The van der Waals surface area contributed by atoms with Crippen molar-refractivity contribution >= 4 is 17.9 Å². The molecule has 0 amide bonds. The molecule has 2 N–H and O–H groups in total. The number of carbonyl (C=O) groups excluding carboxylic acids is 2. The minimum absolute atomic E-state index is 0.0488. The van der Waals surface area contributed by atoms with Crippen LogP contribution in [0.3, 0.4) is 0 Å². The summed E-state index contributed by atoms with van der Waals surface area (Å²) < 4.78 is 9.14. The SMILES string of the molecule is C=CC(=O)OCCCOC(=O)C(O)CC(=O)O. The molecule has 17 heavy (non-hydrogen) atoms. The number of ether oxygens (including phenoxy) is 2. The molecule has 0 aliphatic carbocycles. The van der Waals surface area contributed by atoms with Gasteiger partial charge in [0.15, 0.2) is 6.10 Å². The van der Waals surface area contributed by atoms with Crippen molar-refractivity contribution in [1.29, 1.82) is 0 Å². The van der Waals surface area contributed by atoms with Gasteiger partial charge in [-0.25, -0.2) is 9.59 Å². The van der Waals surface area contributed by atoms with E-state index in [0.717, 1.165) is 6.08 Å². The van der Waals surface area contributed by atoms with E-state index in [2.05, 4.69) is 16.1 Å². The van der Waals surface area contributed by atoms with Crippen LogP contribution in [0, 0.1) is 0 Å².